The Bertz CT molecular complexity index is 651. The summed E-state index contributed by atoms with van der Waals surface area (Å²) < 4.78 is 24.1. The van der Waals surface area contributed by atoms with Crippen LogP contribution in [0, 0.1) is 11.8 Å². The number of amides is 1. The fraction of sp³-hybridized carbons (Fsp3) is 0.750. The molecule has 0 radical (unpaired) electrons. The first-order chi connectivity index (χ1) is 10.6. The van der Waals surface area contributed by atoms with E-state index < -0.39 is 62.1 Å². The molecule has 0 aromatic rings. The minimum absolute atomic E-state index is 0. The van der Waals surface area contributed by atoms with Crippen LogP contribution >= 0.6 is 11.8 Å². The standard InChI is InChI=1S/C12H18N2O7S2.H2O/c1-22-3-2-5(13)9(15)14-12(11(18)19)4-23(20,21)8-6(7(8)12)10(16)17;/h5-8H,2-4,13H2,1H3,(H,14,15)(H,16,17)(H,18,19);1H2/t5-,6+,7+,8-,12-;/m0./s1. The number of carbonyl (C=O) groups excluding carboxylic acids is 1. The van der Waals surface area contributed by atoms with Crippen molar-refractivity contribution in [1.82, 2.24) is 5.32 Å². The van der Waals surface area contributed by atoms with E-state index in [4.69, 9.17) is 10.8 Å². The summed E-state index contributed by atoms with van der Waals surface area (Å²) in [6, 6.07) is -0.984. The molecule has 1 saturated carbocycles. The summed E-state index contributed by atoms with van der Waals surface area (Å²) in [5.74, 6) is -6.43. The van der Waals surface area contributed by atoms with Gasteiger partial charge in [-0.1, -0.05) is 0 Å². The smallest absolute Gasteiger partial charge is 0.330 e. The van der Waals surface area contributed by atoms with E-state index >= 15 is 0 Å². The molecular weight excluding hydrogens is 364 g/mol. The second-order valence-corrected chi connectivity index (χ2v) is 8.96. The molecule has 5 atom stereocenters. The van der Waals surface area contributed by atoms with Gasteiger partial charge in [0.1, 0.15) is 0 Å². The number of nitrogens with two attached hydrogens (primary N) is 1. The molecule has 1 aliphatic carbocycles. The van der Waals surface area contributed by atoms with Gasteiger partial charge in [0.25, 0.3) is 0 Å². The van der Waals surface area contributed by atoms with Crippen LogP contribution in [0.3, 0.4) is 0 Å². The average molecular weight is 384 g/mol. The summed E-state index contributed by atoms with van der Waals surface area (Å²) in [4.78, 5) is 34.9. The number of sulfone groups is 1. The van der Waals surface area contributed by atoms with Gasteiger partial charge in [0.2, 0.25) is 5.91 Å². The van der Waals surface area contributed by atoms with Crippen molar-refractivity contribution in [3.8, 4) is 0 Å². The van der Waals surface area contributed by atoms with Crippen LogP contribution in [-0.4, -0.2) is 76.5 Å². The summed E-state index contributed by atoms with van der Waals surface area (Å²) in [6.07, 6.45) is 2.12. The van der Waals surface area contributed by atoms with Crippen LogP contribution in [0.25, 0.3) is 0 Å². The zero-order chi connectivity index (χ0) is 17.6. The van der Waals surface area contributed by atoms with Crippen LogP contribution in [-0.2, 0) is 24.2 Å². The van der Waals surface area contributed by atoms with Gasteiger partial charge in [-0.15, -0.1) is 0 Å². The van der Waals surface area contributed by atoms with Crippen LogP contribution in [0.2, 0.25) is 0 Å². The minimum atomic E-state index is -3.91. The van der Waals surface area contributed by atoms with Gasteiger partial charge in [-0.25, -0.2) is 13.2 Å². The van der Waals surface area contributed by atoms with E-state index in [-0.39, 0.29) is 5.48 Å². The number of hydrogen-bond donors (Lipinski definition) is 4. The number of aliphatic carboxylic acids is 2. The maximum atomic E-state index is 12.1. The van der Waals surface area contributed by atoms with Crippen molar-refractivity contribution in [3.63, 3.8) is 0 Å². The van der Waals surface area contributed by atoms with Gasteiger partial charge in [-0.05, 0) is 18.4 Å². The highest BCUT2D eigenvalue weighted by Gasteiger charge is 2.79. The summed E-state index contributed by atoms with van der Waals surface area (Å²) in [6.45, 7) is 0. The lowest BCUT2D eigenvalue weighted by atomic mass is 9.93. The first kappa shape index (κ1) is 20.7. The third-order valence-electron chi connectivity index (χ3n) is 4.35. The zero-order valence-electron chi connectivity index (χ0n) is 12.8. The lowest BCUT2D eigenvalue weighted by molar-refractivity contribution is -0.148. The van der Waals surface area contributed by atoms with Gasteiger partial charge < -0.3 is 26.7 Å². The van der Waals surface area contributed by atoms with Crippen molar-refractivity contribution in [1.29, 1.82) is 0 Å². The molecule has 0 bridgehead atoms. The van der Waals surface area contributed by atoms with Crippen LogP contribution in [0.15, 0.2) is 0 Å². The predicted molar refractivity (Wildman–Crippen MR) is 85.3 cm³/mol. The summed E-state index contributed by atoms with van der Waals surface area (Å²) in [5.41, 5.74) is 3.55. The summed E-state index contributed by atoms with van der Waals surface area (Å²) in [7, 11) is -3.91. The van der Waals surface area contributed by atoms with Crippen molar-refractivity contribution in [3.05, 3.63) is 0 Å². The first-order valence-electron chi connectivity index (χ1n) is 6.83. The van der Waals surface area contributed by atoms with Crippen molar-refractivity contribution in [2.24, 2.45) is 17.6 Å². The third-order valence-corrected chi connectivity index (χ3v) is 7.27. The number of rotatable bonds is 7. The Balaban J connectivity index is 0.00000288. The largest absolute Gasteiger partial charge is 0.481 e. The van der Waals surface area contributed by atoms with E-state index in [0.717, 1.165) is 0 Å². The zero-order valence-corrected chi connectivity index (χ0v) is 14.4. The Labute approximate surface area is 142 Å². The lowest BCUT2D eigenvalue weighted by Crippen LogP contribution is -2.61. The quantitative estimate of drug-likeness (QED) is 0.361. The fourth-order valence-corrected chi connectivity index (χ4v) is 6.38. The van der Waals surface area contributed by atoms with Crippen LogP contribution in [0.4, 0.5) is 0 Å². The van der Waals surface area contributed by atoms with E-state index in [0.29, 0.717) is 12.2 Å². The van der Waals surface area contributed by atoms with E-state index in [1.165, 1.54) is 11.8 Å². The Morgan fingerprint density at radius 2 is 1.96 bits per heavy atom. The highest BCUT2D eigenvalue weighted by molar-refractivity contribution is 7.98. The Morgan fingerprint density at radius 1 is 1.38 bits per heavy atom. The molecule has 1 saturated heterocycles. The minimum Gasteiger partial charge on any atom is -0.481 e. The molecule has 0 spiro atoms. The first-order valence-corrected chi connectivity index (χ1v) is 9.93. The molecule has 2 fully saturated rings. The Hall–Kier alpha value is -1.37. The number of carboxylic acids is 2. The van der Waals surface area contributed by atoms with E-state index in [9.17, 15) is 27.9 Å². The van der Waals surface area contributed by atoms with Gasteiger partial charge in [0.05, 0.1) is 23.0 Å². The van der Waals surface area contributed by atoms with Gasteiger partial charge in [-0.2, -0.15) is 11.8 Å². The number of thioether (sulfide) groups is 1. The highest BCUT2D eigenvalue weighted by atomic mass is 32.2. The molecule has 0 aromatic heterocycles. The molecule has 2 rings (SSSR count). The molecule has 138 valence electrons. The molecule has 1 heterocycles. The normalized spacial score (nSPS) is 33.7. The lowest BCUT2D eigenvalue weighted by Gasteiger charge is -2.28. The van der Waals surface area contributed by atoms with Crippen LogP contribution in [0.1, 0.15) is 6.42 Å². The molecule has 0 aromatic carbocycles. The summed E-state index contributed by atoms with van der Waals surface area (Å²) >= 11 is 1.46. The number of fused-ring (bicyclic) bond motifs is 1. The summed E-state index contributed by atoms with van der Waals surface area (Å²) in [5, 5.41) is 19.5. The van der Waals surface area contributed by atoms with Crippen molar-refractivity contribution in [2.45, 2.75) is 23.3 Å². The second kappa shape index (κ2) is 6.86. The fourth-order valence-electron chi connectivity index (χ4n) is 3.19. The van der Waals surface area contributed by atoms with Crippen molar-refractivity contribution >= 4 is 39.4 Å². The molecule has 2 aliphatic rings. The van der Waals surface area contributed by atoms with E-state index in [1.807, 2.05) is 6.26 Å². The Kier molecular flexibility index (Phi) is 5.91. The molecule has 0 unspecified atom stereocenters. The SMILES string of the molecule is CSCC[C@H](N)C(=O)N[C@@]1(C(=O)O)CS(=O)(=O)[C@H]2[C@H](C(=O)O)[C@H]21.O. The highest BCUT2D eigenvalue weighted by Crippen LogP contribution is 2.57. The number of carbonyl (C=O) groups is 3. The van der Waals surface area contributed by atoms with Crippen molar-refractivity contribution in [2.75, 3.05) is 17.8 Å². The van der Waals surface area contributed by atoms with Crippen LogP contribution in [0.5, 0.6) is 0 Å². The number of nitrogens with one attached hydrogen (secondary N) is 1. The molecule has 1 aliphatic heterocycles. The van der Waals surface area contributed by atoms with Gasteiger partial charge >= 0.3 is 11.9 Å². The van der Waals surface area contributed by atoms with E-state index in [2.05, 4.69) is 5.32 Å². The van der Waals surface area contributed by atoms with Gasteiger partial charge in [-0.3, -0.25) is 9.59 Å². The van der Waals surface area contributed by atoms with Crippen molar-refractivity contribution < 1.29 is 38.5 Å². The molecule has 7 N–H and O–H groups in total. The monoisotopic (exact) mass is 384 g/mol. The van der Waals surface area contributed by atoms with Gasteiger partial charge in [0, 0.05) is 5.92 Å². The molecule has 1 amide bonds. The Morgan fingerprint density at radius 3 is 2.38 bits per heavy atom. The third kappa shape index (κ3) is 3.23. The van der Waals surface area contributed by atoms with Gasteiger partial charge in [0.15, 0.2) is 15.4 Å². The average Bonchev–Trinajstić information content (AvgIpc) is 3.15. The van der Waals surface area contributed by atoms with E-state index in [1.54, 1.807) is 0 Å². The molecule has 24 heavy (non-hydrogen) atoms. The predicted octanol–water partition coefficient (Wildman–Crippen LogP) is -2.69. The van der Waals surface area contributed by atoms with Crippen LogP contribution < -0.4 is 11.1 Å². The number of carboxylic acid groups (broad SMARTS) is 2. The molecule has 12 heteroatoms. The molecular formula is C12H20N2O8S2. The maximum absolute atomic E-state index is 12.1. The second-order valence-electron chi connectivity index (χ2n) is 5.82. The number of hydrogen-bond acceptors (Lipinski definition) is 7. The maximum Gasteiger partial charge on any atom is 0.330 e. The topological polar surface area (TPSA) is 195 Å². The molecule has 10 nitrogen and oxygen atoms in total.